The van der Waals surface area contributed by atoms with Crippen LogP contribution in [0.2, 0.25) is 0 Å². The molecule has 0 unspecified atom stereocenters. The van der Waals surface area contributed by atoms with E-state index in [9.17, 15) is 4.79 Å². The fraction of sp³-hybridized carbons (Fsp3) is 0.538. The van der Waals surface area contributed by atoms with Crippen LogP contribution in [0.15, 0.2) is 24.5 Å². The number of hydrogen-bond donors (Lipinski definition) is 1. The highest BCUT2D eigenvalue weighted by atomic mass is 16.5. The Morgan fingerprint density at radius 1 is 1.59 bits per heavy atom. The third-order valence-corrected chi connectivity index (χ3v) is 3.06. The smallest absolute Gasteiger partial charge is 0.339 e. The van der Waals surface area contributed by atoms with Gasteiger partial charge in [-0.05, 0) is 50.4 Å². The Bertz CT molecular complexity index is 348. The van der Waals surface area contributed by atoms with E-state index in [2.05, 4.69) is 10.3 Å². The first-order valence-corrected chi connectivity index (χ1v) is 6.14. The number of carbonyl (C=O) groups excluding carboxylic acids is 1. The molecule has 1 aromatic heterocycles. The first kappa shape index (κ1) is 12.0. The fourth-order valence-corrected chi connectivity index (χ4v) is 2.06. The van der Waals surface area contributed by atoms with Crippen molar-refractivity contribution in [3.8, 4) is 0 Å². The van der Waals surface area contributed by atoms with Gasteiger partial charge in [-0.2, -0.15) is 0 Å². The van der Waals surface area contributed by atoms with Gasteiger partial charge in [-0.25, -0.2) is 4.79 Å². The van der Waals surface area contributed by atoms with Crippen LogP contribution >= 0.6 is 0 Å². The summed E-state index contributed by atoms with van der Waals surface area (Å²) in [5, 5.41) is 3.35. The number of hydrogen-bond acceptors (Lipinski definition) is 4. The molecule has 1 N–H and O–H groups in total. The van der Waals surface area contributed by atoms with Crippen molar-refractivity contribution < 1.29 is 9.53 Å². The van der Waals surface area contributed by atoms with Crippen LogP contribution in [0.4, 0.5) is 0 Å². The van der Waals surface area contributed by atoms with Gasteiger partial charge in [0.15, 0.2) is 0 Å². The Kier molecular flexibility index (Phi) is 4.50. The van der Waals surface area contributed by atoms with E-state index in [1.165, 1.54) is 19.0 Å². The lowest BCUT2D eigenvalue weighted by Crippen LogP contribution is -2.30. The maximum absolute atomic E-state index is 11.6. The summed E-state index contributed by atoms with van der Waals surface area (Å²) in [6, 6.07) is 3.46. The highest BCUT2D eigenvalue weighted by Gasteiger charge is 2.14. The third-order valence-electron chi connectivity index (χ3n) is 3.06. The Hall–Kier alpha value is -1.42. The molecule has 17 heavy (non-hydrogen) atoms. The minimum absolute atomic E-state index is 0.276. The van der Waals surface area contributed by atoms with Gasteiger partial charge >= 0.3 is 5.97 Å². The predicted molar refractivity (Wildman–Crippen MR) is 64.7 cm³/mol. The van der Waals surface area contributed by atoms with Crippen molar-refractivity contribution in [2.45, 2.75) is 19.3 Å². The molecule has 1 atom stereocenters. The maximum Gasteiger partial charge on any atom is 0.339 e. The number of esters is 1. The van der Waals surface area contributed by atoms with Crippen LogP contribution in [0, 0.1) is 5.92 Å². The minimum Gasteiger partial charge on any atom is -0.462 e. The zero-order chi connectivity index (χ0) is 11.9. The summed E-state index contributed by atoms with van der Waals surface area (Å²) in [6.45, 7) is 2.66. The first-order chi connectivity index (χ1) is 8.36. The molecule has 0 radical (unpaired) electrons. The van der Waals surface area contributed by atoms with Crippen LogP contribution in [0.5, 0.6) is 0 Å². The van der Waals surface area contributed by atoms with Gasteiger partial charge in [-0.15, -0.1) is 0 Å². The summed E-state index contributed by atoms with van der Waals surface area (Å²) in [5.74, 6) is 0.368. The molecule has 0 aromatic carbocycles. The molecular formula is C13H18N2O2. The summed E-state index contributed by atoms with van der Waals surface area (Å²) in [7, 11) is 0. The van der Waals surface area contributed by atoms with Crippen molar-refractivity contribution in [2.75, 3.05) is 19.7 Å². The predicted octanol–water partition coefficient (Wildman–Crippen LogP) is 1.63. The lowest BCUT2D eigenvalue weighted by atomic mass is 9.97. The molecule has 1 aliphatic heterocycles. The molecule has 4 nitrogen and oxygen atoms in total. The van der Waals surface area contributed by atoms with Crippen LogP contribution in [-0.2, 0) is 4.74 Å². The van der Waals surface area contributed by atoms with Crippen LogP contribution in [0.25, 0.3) is 0 Å². The topological polar surface area (TPSA) is 51.2 Å². The average Bonchev–Trinajstić information content (AvgIpc) is 2.41. The second kappa shape index (κ2) is 6.35. The average molecular weight is 234 g/mol. The monoisotopic (exact) mass is 234 g/mol. The van der Waals surface area contributed by atoms with Crippen molar-refractivity contribution >= 4 is 5.97 Å². The van der Waals surface area contributed by atoms with E-state index in [-0.39, 0.29) is 5.97 Å². The molecule has 1 saturated heterocycles. The molecular weight excluding hydrogens is 216 g/mol. The van der Waals surface area contributed by atoms with Crippen LogP contribution in [0.1, 0.15) is 29.6 Å². The molecule has 1 aliphatic rings. The van der Waals surface area contributed by atoms with Gasteiger partial charge in [0.2, 0.25) is 0 Å². The first-order valence-electron chi connectivity index (χ1n) is 6.14. The third kappa shape index (κ3) is 3.82. The van der Waals surface area contributed by atoms with E-state index in [0.717, 1.165) is 19.5 Å². The summed E-state index contributed by atoms with van der Waals surface area (Å²) in [5.41, 5.74) is 0.522. The standard InChI is InChI=1S/C13H18N2O2/c16-13(12-4-2-7-15-10-12)17-8-5-11-3-1-6-14-9-11/h2,4,7,10-11,14H,1,3,5-6,8-9H2/t11-/m1/s1. The Labute approximate surface area is 101 Å². The highest BCUT2D eigenvalue weighted by Crippen LogP contribution is 2.14. The van der Waals surface area contributed by atoms with E-state index in [1.54, 1.807) is 18.3 Å². The number of carbonyl (C=O) groups is 1. The maximum atomic E-state index is 11.6. The lowest BCUT2D eigenvalue weighted by Gasteiger charge is -2.22. The van der Waals surface area contributed by atoms with Gasteiger partial charge in [-0.3, -0.25) is 4.98 Å². The molecule has 0 amide bonds. The lowest BCUT2D eigenvalue weighted by molar-refractivity contribution is 0.0477. The molecule has 0 aliphatic carbocycles. The van der Waals surface area contributed by atoms with Crippen molar-refractivity contribution in [2.24, 2.45) is 5.92 Å². The number of rotatable bonds is 4. The second-order valence-corrected chi connectivity index (χ2v) is 4.38. The van der Waals surface area contributed by atoms with E-state index in [4.69, 9.17) is 4.74 Å². The number of nitrogens with zero attached hydrogens (tertiary/aromatic N) is 1. The Balaban J connectivity index is 1.69. The molecule has 0 saturated carbocycles. The molecule has 4 heteroatoms. The van der Waals surface area contributed by atoms with Gasteiger partial charge in [0.1, 0.15) is 0 Å². The van der Waals surface area contributed by atoms with Crippen LogP contribution in [-0.4, -0.2) is 30.6 Å². The zero-order valence-electron chi connectivity index (χ0n) is 9.89. The van der Waals surface area contributed by atoms with E-state index in [0.29, 0.717) is 18.1 Å². The van der Waals surface area contributed by atoms with Gasteiger partial charge in [0.25, 0.3) is 0 Å². The molecule has 0 spiro atoms. The molecule has 0 bridgehead atoms. The number of ether oxygens (including phenoxy) is 1. The van der Waals surface area contributed by atoms with Crippen molar-refractivity contribution in [1.29, 1.82) is 0 Å². The molecule has 2 rings (SSSR count). The normalized spacial score (nSPS) is 19.9. The molecule has 1 fully saturated rings. The summed E-state index contributed by atoms with van der Waals surface area (Å²) in [4.78, 5) is 15.5. The van der Waals surface area contributed by atoms with Crippen molar-refractivity contribution in [1.82, 2.24) is 10.3 Å². The van der Waals surface area contributed by atoms with E-state index in [1.807, 2.05) is 0 Å². The molecule has 1 aromatic rings. The molecule has 2 heterocycles. The SMILES string of the molecule is O=C(OCC[C@H]1CCCNC1)c1cccnc1. The number of pyridine rings is 1. The Morgan fingerprint density at radius 2 is 2.53 bits per heavy atom. The molecule has 92 valence electrons. The number of piperidine rings is 1. The van der Waals surface area contributed by atoms with Crippen LogP contribution < -0.4 is 5.32 Å². The van der Waals surface area contributed by atoms with Crippen molar-refractivity contribution in [3.63, 3.8) is 0 Å². The quantitative estimate of drug-likeness (QED) is 0.804. The van der Waals surface area contributed by atoms with E-state index >= 15 is 0 Å². The Morgan fingerprint density at radius 3 is 3.24 bits per heavy atom. The van der Waals surface area contributed by atoms with Crippen LogP contribution in [0.3, 0.4) is 0 Å². The zero-order valence-corrected chi connectivity index (χ0v) is 9.89. The fourth-order valence-electron chi connectivity index (χ4n) is 2.06. The summed E-state index contributed by atoms with van der Waals surface area (Å²) < 4.78 is 5.22. The van der Waals surface area contributed by atoms with Crippen molar-refractivity contribution in [3.05, 3.63) is 30.1 Å². The number of nitrogens with one attached hydrogen (secondary N) is 1. The minimum atomic E-state index is -0.276. The van der Waals surface area contributed by atoms with Gasteiger partial charge in [0.05, 0.1) is 12.2 Å². The largest absolute Gasteiger partial charge is 0.462 e. The van der Waals surface area contributed by atoms with E-state index < -0.39 is 0 Å². The van der Waals surface area contributed by atoms with Gasteiger partial charge in [0, 0.05) is 12.4 Å². The highest BCUT2D eigenvalue weighted by molar-refractivity contribution is 5.88. The summed E-state index contributed by atoms with van der Waals surface area (Å²) >= 11 is 0. The van der Waals surface area contributed by atoms with Gasteiger partial charge < -0.3 is 10.1 Å². The number of aromatic nitrogens is 1. The summed E-state index contributed by atoms with van der Waals surface area (Å²) in [6.07, 6.45) is 6.58. The van der Waals surface area contributed by atoms with Gasteiger partial charge in [-0.1, -0.05) is 0 Å². The second-order valence-electron chi connectivity index (χ2n) is 4.38.